The molecule has 1 aliphatic carbocycles. The SMILES string of the molecule is COC(=O)c1ccc(C)nc1N1CCC(CC2CCCCC2)CC1. The molecule has 0 radical (unpaired) electrons. The van der Waals surface area contributed by atoms with Crippen molar-refractivity contribution in [2.75, 3.05) is 25.1 Å². The number of carbonyl (C=O) groups is 1. The van der Waals surface area contributed by atoms with Crippen LogP contribution in [0.2, 0.25) is 0 Å². The summed E-state index contributed by atoms with van der Waals surface area (Å²) in [5, 5.41) is 0. The fraction of sp³-hybridized carbons (Fsp3) is 0.700. The van der Waals surface area contributed by atoms with Crippen LogP contribution < -0.4 is 4.90 Å². The van der Waals surface area contributed by atoms with E-state index in [1.54, 1.807) is 0 Å². The van der Waals surface area contributed by atoms with Crippen LogP contribution in [-0.4, -0.2) is 31.2 Å². The predicted octanol–water partition coefficient (Wildman–Crippen LogP) is 4.36. The van der Waals surface area contributed by atoms with Crippen molar-refractivity contribution in [3.8, 4) is 0 Å². The van der Waals surface area contributed by atoms with Crippen molar-refractivity contribution < 1.29 is 9.53 Å². The van der Waals surface area contributed by atoms with Gasteiger partial charge in [-0.25, -0.2) is 9.78 Å². The van der Waals surface area contributed by atoms with E-state index in [2.05, 4.69) is 9.88 Å². The maximum atomic E-state index is 12.0. The van der Waals surface area contributed by atoms with Gasteiger partial charge in [0.25, 0.3) is 0 Å². The Hall–Kier alpha value is -1.58. The standard InChI is InChI=1S/C20H30N2O2/c1-15-8-9-18(20(23)24-2)19(21-15)22-12-10-17(11-13-22)14-16-6-4-3-5-7-16/h8-9,16-17H,3-7,10-14H2,1-2H3. The first-order valence-corrected chi connectivity index (χ1v) is 9.48. The highest BCUT2D eigenvalue weighted by Gasteiger charge is 2.26. The molecule has 1 aliphatic heterocycles. The van der Waals surface area contributed by atoms with Crippen LogP contribution >= 0.6 is 0 Å². The zero-order chi connectivity index (χ0) is 16.9. The number of ether oxygens (including phenoxy) is 1. The van der Waals surface area contributed by atoms with Gasteiger partial charge < -0.3 is 9.64 Å². The highest BCUT2D eigenvalue weighted by Crippen LogP contribution is 2.34. The van der Waals surface area contributed by atoms with E-state index in [4.69, 9.17) is 4.74 Å². The number of pyridine rings is 1. The third-order valence-electron chi connectivity index (χ3n) is 5.73. The Morgan fingerprint density at radius 2 is 1.79 bits per heavy atom. The first-order valence-electron chi connectivity index (χ1n) is 9.48. The smallest absolute Gasteiger partial charge is 0.341 e. The van der Waals surface area contributed by atoms with Crippen LogP contribution in [0.15, 0.2) is 12.1 Å². The Morgan fingerprint density at radius 3 is 2.46 bits per heavy atom. The maximum Gasteiger partial charge on any atom is 0.341 e. The summed E-state index contributed by atoms with van der Waals surface area (Å²) >= 11 is 0. The Balaban J connectivity index is 1.62. The van der Waals surface area contributed by atoms with Gasteiger partial charge in [-0.3, -0.25) is 0 Å². The Kier molecular flexibility index (Phi) is 5.75. The number of esters is 1. The summed E-state index contributed by atoms with van der Waals surface area (Å²) in [4.78, 5) is 18.9. The van der Waals surface area contributed by atoms with Crippen LogP contribution in [0.25, 0.3) is 0 Å². The van der Waals surface area contributed by atoms with E-state index in [-0.39, 0.29) is 5.97 Å². The van der Waals surface area contributed by atoms with E-state index >= 15 is 0 Å². The van der Waals surface area contributed by atoms with Crippen LogP contribution in [0, 0.1) is 18.8 Å². The van der Waals surface area contributed by atoms with Crippen LogP contribution in [0.5, 0.6) is 0 Å². The molecule has 0 atom stereocenters. The Bertz CT molecular complexity index is 559. The summed E-state index contributed by atoms with van der Waals surface area (Å²) in [6.07, 6.45) is 11.0. The van der Waals surface area contributed by atoms with Crippen LogP contribution in [0.3, 0.4) is 0 Å². The van der Waals surface area contributed by atoms with Crippen molar-refractivity contribution in [2.45, 2.75) is 58.3 Å². The Morgan fingerprint density at radius 1 is 1.12 bits per heavy atom. The maximum absolute atomic E-state index is 12.0. The second kappa shape index (κ2) is 8.00. The fourth-order valence-corrected chi connectivity index (χ4v) is 4.33. The molecule has 0 spiro atoms. The largest absolute Gasteiger partial charge is 0.465 e. The van der Waals surface area contributed by atoms with Gasteiger partial charge in [-0.15, -0.1) is 0 Å². The lowest BCUT2D eigenvalue weighted by Gasteiger charge is -2.35. The monoisotopic (exact) mass is 330 g/mol. The molecule has 1 aromatic heterocycles. The van der Waals surface area contributed by atoms with Gasteiger partial charge in [0.05, 0.1) is 7.11 Å². The molecular weight excluding hydrogens is 300 g/mol. The Labute approximate surface area is 145 Å². The lowest BCUT2D eigenvalue weighted by atomic mass is 9.80. The summed E-state index contributed by atoms with van der Waals surface area (Å²) in [5.41, 5.74) is 1.54. The highest BCUT2D eigenvalue weighted by molar-refractivity contribution is 5.94. The molecule has 1 saturated heterocycles. The lowest BCUT2D eigenvalue weighted by molar-refractivity contribution is 0.0601. The van der Waals surface area contributed by atoms with E-state index in [0.29, 0.717) is 5.56 Å². The zero-order valence-corrected chi connectivity index (χ0v) is 15.1. The normalized spacial score (nSPS) is 20.2. The number of hydrogen-bond acceptors (Lipinski definition) is 4. The molecular formula is C20H30N2O2. The summed E-state index contributed by atoms with van der Waals surface area (Å²) in [7, 11) is 1.43. The molecule has 1 saturated carbocycles. The van der Waals surface area contributed by atoms with Crippen molar-refractivity contribution in [2.24, 2.45) is 11.8 Å². The number of piperidine rings is 1. The molecule has 0 unspecified atom stereocenters. The molecule has 0 aromatic carbocycles. The molecule has 0 bridgehead atoms. The van der Waals surface area contributed by atoms with E-state index < -0.39 is 0 Å². The van der Waals surface area contributed by atoms with Crippen LogP contribution in [0.4, 0.5) is 5.82 Å². The van der Waals surface area contributed by atoms with E-state index in [1.807, 2.05) is 19.1 Å². The fourth-order valence-electron chi connectivity index (χ4n) is 4.33. The van der Waals surface area contributed by atoms with Gasteiger partial charge >= 0.3 is 5.97 Å². The average Bonchev–Trinajstić information content (AvgIpc) is 2.62. The zero-order valence-electron chi connectivity index (χ0n) is 15.1. The minimum absolute atomic E-state index is 0.290. The van der Waals surface area contributed by atoms with Gasteiger partial charge in [0, 0.05) is 18.8 Å². The number of rotatable bonds is 4. The van der Waals surface area contributed by atoms with E-state index in [1.165, 1.54) is 58.5 Å². The van der Waals surface area contributed by atoms with Crippen LogP contribution in [-0.2, 0) is 4.74 Å². The van der Waals surface area contributed by atoms with Gasteiger partial charge in [0.2, 0.25) is 0 Å². The number of carbonyl (C=O) groups excluding carboxylic acids is 1. The van der Waals surface area contributed by atoms with Crippen molar-refractivity contribution in [3.63, 3.8) is 0 Å². The second-order valence-corrected chi connectivity index (χ2v) is 7.49. The van der Waals surface area contributed by atoms with E-state index in [0.717, 1.165) is 36.4 Å². The molecule has 2 fully saturated rings. The van der Waals surface area contributed by atoms with Crippen molar-refractivity contribution in [1.29, 1.82) is 0 Å². The summed E-state index contributed by atoms with van der Waals surface area (Å²) in [5.74, 6) is 2.31. The van der Waals surface area contributed by atoms with Crippen molar-refractivity contribution in [3.05, 3.63) is 23.4 Å². The third-order valence-corrected chi connectivity index (χ3v) is 5.73. The number of anilines is 1. The third kappa shape index (κ3) is 4.08. The minimum Gasteiger partial charge on any atom is -0.465 e. The number of nitrogens with zero attached hydrogens (tertiary/aromatic N) is 2. The lowest BCUT2D eigenvalue weighted by Crippen LogP contribution is -2.36. The molecule has 2 heterocycles. The first-order chi connectivity index (χ1) is 11.7. The molecule has 132 valence electrons. The molecule has 3 rings (SSSR count). The number of hydrogen-bond donors (Lipinski definition) is 0. The molecule has 1 aromatic rings. The molecule has 4 nitrogen and oxygen atoms in total. The average molecular weight is 330 g/mol. The molecule has 4 heteroatoms. The van der Waals surface area contributed by atoms with Gasteiger partial charge in [0.1, 0.15) is 11.4 Å². The molecule has 0 N–H and O–H groups in total. The molecule has 0 amide bonds. The van der Waals surface area contributed by atoms with Crippen LogP contribution in [0.1, 0.15) is 67.4 Å². The number of aryl methyl sites for hydroxylation is 1. The molecule has 2 aliphatic rings. The number of aromatic nitrogens is 1. The van der Waals surface area contributed by atoms with Gasteiger partial charge in [-0.05, 0) is 50.2 Å². The predicted molar refractivity (Wildman–Crippen MR) is 96.4 cm³/mol. The minimum atomic E-state index is -0.290. The topological polar surface area (TPSA) is 42.4 Å². The molecule has 24 heavy (non-hydrogen) atoms. The first kappa shape index (κ1) is 17.2. The summed E-state index contributed by atoms with van der Waals surface area (Å²) in [6.45, 7) is 3.97. The van der Waals surface area contributed by atoms with Crippen molar-refractivity contribution in [1.82, 2.24) is 4.98 Å². The van der Waals surface area contributed by atoms with Gasteiger partial charge in [-0.2, -0.15) is 0 Å². The van der Waals surface area contributed by atoms with Crippen molar-refractivity contribution >= 4 is 11.8 Å². The van der Waals surface area contributed by atoms with E-state index in [9.17, 15) is 4.79 Å². The summed E-state index contributed by atoms with van der Waals surface area (Å²) in [6, 6.07) is 3.73. The van der Waals surface area contributed by atoms with Gasteiger partial charge in [0.15, 0.2) is 0 Å². The highest BCUT2D eigenvalue weighted by atomic mass is 16.5. The number of methoxy groups -OCH3 is 1. The second-order valence-electron chi connectivity index (χ2n) is 7.49. The quantitative estimate of drug-likeness (QED) is 0.769. The summed E-state index contributed by atoms with van der Waals surface area (Å²) < 4.78 is 4.92. The van der Waals surface area contributed by atoms with Gasteiger partial charge in [-0.1, -0.05) is 32.1 Å².